The number of aliphatic imine (C=N–C) groups is 1. The van der Waals surface area contributed by atoms with Gasteiger partial charge in [0, 0.05) is 25.0 Å². The van der Waals surface area contributed by atoms with Crippen molar-refractivity contribution < 1.29 is 22.4 Å². The fourth-order valence-electron chi connectivity index (χ4n) is 3.38. The number of halogens is 4. The number of aryl methyl sites for hydroxylation is 1. The number of rotatable bonds is 4. The molecule has 1 amide bonds. The van der Waals surface area contributed by atoms with E-state index in [2.05, 4.69) is 9.98 Å². The average molecular weight is 444 g/mol. The number of amides is 1. The van der Waals surface area contributed by atoms with Crippen molar-refractivity contribution in [1.82, 2.24) is 4.98 Å². The second-order valence-electron chi connectivity index (χ2n) is 7.06. The lowest BCUT2D eigenvalue weighted by atomic mass is 10.0. The number of carbonyl (C=O) groups excluding carboxylic acids is 1. The first-order chi connectivity index (χ1) is 15.1. The van der Waals surface area contributed by atoms with Crippen molar-refractivity contribution in [3.63, 3.8) is 0 Å². The molecule has 2 N–H and O–H groups in total. The summed E-state index contributed by atoms with van der Waals surface area (Å²) in [7, 11) is 2.85. The Hall–Kier alpha value is -3.75. The highest BCUT2D eigenvalue weighted by Gasteiger charge is 2.30. The van der Waals surface area contributed by atoms with E-state index in [1.165, 1.54) is 50.6 Å². The van der Waals surface area contributed by atoms with Gasteiger partial charge in [-0.2, -0.15) is 13.2 Å². The number of alkyl halides is 3. The van der Waals surface area contributed by atoms with Crippen LogP contribution in [0.4, 0.5) is 23.2 Å². The van der Waals surface area contributed by atoms with Crippen LogP contribution in [-0.4, -0.2) is 30.7 Å². The van der Waals surface area contributed by atoms with E-state index >= 15 is 4.39 Å². The van der Waals surface area contributed by atoms with Crippen LogP contribution < -0.4 is 10.6 Å². The number of aromatic nitrogens is 1. The van der Waals surface area contributed by atoms with Crippen LogP contribution in [0.5, 0.6) is 0 Å². The predicted octanol–water partition coefficient (Wildman–Crippen LogP) is 4.87. The molecule has 0 spiro atoms. The lowest BCUT2D eigenvalue weighted by Gasteiger charge is -2.21. The number of anilines is 1. The zero-order valence-electron chi connectivity index (χ0n) is 17.5. The van der Waals surface area contributed by atoms with Crippen LogP contribution in [0.15, 0.2) is 59.7 Å². The summed E-state index contributed by atoms with van der Waals surface area (Å²) in [4.78, 5) is 22.0. The summed E-state index contributed by atoms with van der Waals surface area (Å²) in [6.07, 6.45) is -1.96. The molecular weight excluding hydrogens is 424 g/mol. The molecule has 0 aliphatic carbocycles. The van der Waals surface area contributed by atoms with E-state index in [1.807, 2.05) is 0 Å². The number of carbonyl (C=O) groups is 1. The summed E-state index contributed by atoms with van der Waals surface area (Å²) >= 11 is 0. The van der Waals surface area contributed by atoms with Crippen molar-refractivity contribution >= 4 is 28.2 Å². The molecule has 5 nitrogen and oxygen atoms in total. The second-order valence-corrected chi connectivity index (χ2v) is 7.06. The Morgan fingerprint density at radius 2 is 1.88 bits per heavy atom. The minimum Gasteiger partial charge on any atom is -0.405 e. The first kappa shape index (κ1) is 22.9. The summed E-state index contributed by atoms with van der Waals surface area (Å²) in [6, 6.07) is 9.17. The third-order valence-corrected chi connectivity index (χ3v) is 4.92. The van der Waals surface area contributed by atoms with Crippen molar-refractivity contribution in [3.8, 4) is 11.3 Å². The smallest absolute Gasteiger partial charge is 0.405 e. The lowest BCUT2D eigenvalue weighted by molar-refractivity contribution is -0.137. The topological polar surface area (TPSA) is 71.6 Å². The number of fused-ring (bicyclic) bond motifs is 1. The van der Waals surface area contributed by atoms with Gasteiger partial charge in [0.25, 0.3) is 5.91 Å². The molecule has 0 bridgehead atoms. The number of pyridine rings is 1. The molecule has 32 heavy (non-hydrogen) atoms. The third-order valence-electron chi connectivity index (χ3n) is 4.92. The molecule has 1 heterocycles. The number of hydrogen-bond acceptors (Lipinski definition) is 4. The largest absolute Gasteiger partial charge is 0.416 e. The van der Waals surface area contributed by atoms with Crippen molar-refractivity contribution in [2.45, 2.75) is 13.1 Å². The van der Waals surface area contributed by atoms with E-state index in [-0.39, 0.29) is 11.4 Å². The third kappa shape index (κ3) is 4.46. The Kier molecular flexibility index (Phi) is 6.29. The number of nitrogens with two attached hydrogens (primary N) is 1. The van der Waals surface area contributed by atoms with Gasteiger partial charge >= 0.3 is 6.18 Å². The Balaban J connectivity index is 2.00. The molecule has 0 saturated carbocycles. The van der Waals surface area contributed by atoms with Crippen molar-refractivity contribution in [1.29, 1.82) is 0 Å². The summed E-state index contributed by atoms with van der Waals surface area (Å²) in [5.74, 6) is -1.19. The highest BCUT2D eigenvalue weighted by molar-refractivity contribution is 6.47. The van der Waals surface area contributed by atoms with Gasteiger partial charge in [0.15, 0.2) is 0 Å². The maximum atomic E-state index is 15.0. The van der Waals surface area contributed by atoms with Gasteiger partial charge in [-0.05, 0) is 61.2 Å². The molecule has 0 atom stereocenters. The first-order valence-corrected chi connectivity index (χ1v) is 9.48. The molecule has 0 aliphatic heterocycles. The van der Waals surface area contributed by atoms with Gasteiger partial charge in [-0.3, -0.25) is 9.79 Å². The molecule has 166 valence electrons. The molecule has 0 aliphatic rings. The van der Waals surface area contributed by atoms with Gasteiger partial charge in [0.2, 0.25) is 0 Å². The van der Waals surface area contributed by atoms with Gasteiger partial charge in [-0.25, -0.2) is 9.37 Å². The van der Waals surface area contributed by atoms with E-state index < -0.39 is 23.5 Å². The molecule has 2 aromatic carbocycles. The highest BCUT2D eigenvalue weighted by atomic mass is 19.4. The second kappa shape index (κ2) is 8.78. The Morgan fingerprint density at radius 3 is 2.47 bits per heavy atom. The maximum absolute atomic E-state index is 15.0. The Bertz CT molecular complexity index is 1230. The maximum Gasteiger partial charge on any atom is 0.416 e. The van der Waals surface area contributed by atoms with Crippen LogP contribution >= 0.6 is 0 Å². The molecule has 0 radical (unpaired) electrons. The van der Waals surface area contributed by atoms with E-state index in [0.717, 1.165) is 17.0 Å². The van der Waals surface area contributed by atoms with Crippen LogP contribution in [-0.2, 0) is 11.0 Å². The van der Waals surface area contributed by atoms with Crippen LogP contribution in [0, 0.1) is 12.7 Å². The van der Waals surface area contributed by atoms with Crippen molar-refractivity contribution in [2.24, 2.45) is 10.7 Å². The fraction of sp³-hybridized carbons (Fsp3) is 0.174. The van der Waals surface area contributed by atoms with Gasteiger partial charge < -0.3 is 10.6 Å². The zero-order valence-corrected chi connectivity index (χ0v) is 17.5. The zero-order chi connectivity index (χ0) is 23.6. The van der Waals surface area contributed by atoms with E-state index in [1.54, 1.807) is 13.0 Å². The van der Waals surface area contributed by atoms with Crippen LogP contribution in [0.1, 0.15) is 11.1 Å². The van der Waals surface area contributed by atoms with Crippen LogP contribution in [0.3, 0.4) is 0 Å². The lowest BCUT2D eigenvalue weighted by Crippen LogP contribution is -2.33. The molecule has 3 rings (SSSR count). The van der Waals surface area contributed by atoms with Gasteiger partial charge in [-0.1, -0.05) is 6.07 Å². The SMILES string of the molecule is CN=C(C=CN)C(=O)N(C)c1c(C)cc(-c2ccc3cc(C(F)(F)F)ccc3n2)cc1F. The quantitative estimate of drug-likeness (QED) is 0.461. The van der Waals surface area contributed by atoms with Gasteiger partial charge in [-0.15, -0.1) is 0 Å². The Labute approximate surface area is 181 Å². The monoisotopic (exact) mass is 444 g/mol. The summed E-state index contributed by atoms with van der Waals surface area (Å²) in [6.45, 7) is 1.64. The first-order valence-electron chi connectivity index (χ1n) is 9.48. The number of benzene rings is 2. The molecule has 0 unspecified atom stereocenters. The summed E-state index contributed by atoms with van der Waals surface area (Å²) in [5.41, 5.74) is 6.33. The molecule has 0 fully saturated rings. The standard InChI is InChI=1S/C23H20F4N4O/c1-13-10-15(12-17(24)21(13)31(3)22(32)20(29-2)8-9-28)19-6-4-14-11-16(23(25,26)27)5-7-18(14)30-19/h4-12H,28H2,1-3H3. The predicted molar refractivity (Wildman–Crippen MR) is 117 cm³/mol. The minimum absolute atomic E-state index is 0.0623. The fourth-order valence-corrected chi connectivity index (χ4v) is 3.38. The number of nitrogens with zero attached hydrogens (tertiary/aromatic N) is 3. The minimum atomic E-state index is -4.45. The van der Waals surface area contributed by atoms with E-state index in [4.69, 9.17) is 5.73 Å². The van der Waals surface area contributed by atoms with Crippen LogP contribution in [0.2, 0.25) is 0 Å². The molecular formula is C23H20F4N4O. The molecule has 0 saturated heterocycles. The normalized spacial score (nSPS) is 12.5. The van der Waals surface area contributed by atoms with Crippen LogP contribution in [0.25, 0.3) is 22.2 Å². The Morgan fingerprint density at radius 1 is 1.16 bits per heavy atom. The van der Waals surface area contributed by atoms with Gasteiger partial charge in [0.05, 0.1) is 22.5 Å². The van der Waals surface area contributed by atoms with Gasteiger partial charge in [0.1, 0.15) is 11.5 Å². The van der Waals surface area contributed by atoms with Crippen molar-refractivity contribution in [2.75, 3.05) is 19.0 Å². The molecule has 1 aromatic heterocycles. The summed E-state index contributed by atoms with van der Waals surface area (Å²) < 4.78 is 53.8. The van der Waals surface area contributed by atoms with E-state index in [9.17, 15) is 18.0 Å². The number of hydrogen-bond donors (Lipinski definition) is 1. The molecule has 9 heteroatoms. The van der Waals surface area contributed by atoms with E-state index in [0.29, 0.717) is 27.7 Å². The average Bonchev–Trinajstić information content (AvgIpc) is 2.74. The van der Waals surface area contributed by atoms with Crippen molar-refractivity contribution in [3.05, 3.63) is 71.7 Å². The summed E-state index contributed by atoms with van der Waals surface area (Å²) in [5, 5.41) is 0.321. The molecule has 3 aromatic rings. The highest BCUT2D eigenvalue weighted by Crippen LogP contribution is 2.33.